The SMILES string of the molecule is CC(C)(C)OC(=O)N1CC=C(c2ccc(/C=C/[C@H]3CCC[C@@H](CCc4ccc(C#N)cc4)C3)cc2)C1. The molecule has 0 spiro atoms. The van der Waals surface area contributed by atoms with Crippen LogP contribution in [0.3, 0.4) is 0 Å². The summed E-state index contributed by atoms with van der Waals surface area (Å²) in [5.41, 5.74) is 5.15. The molecule has 1 amide bonds. The standard InChI is InChI=1S/C32H38N2O2/c1-32(2,3)36-31(35)34-20-19-30(23-34)29-17-15-25(16-18-29)8-12-27-6-4-5-26(21-27)11-7-24-9-13-28(22-33)14-10-24/h8-10,12-19,26-27H,4-7,11,20-21,23H2,1-3H3/b12-8+/t26-,27+/m0/s1. The Labute approximate surface area is 216 Å². The third kappa shape index (κ3) is 7.34. The fourth-order valence-corrected chi connectivity index (χ4v) is 5.17. The summed E-state index contributed by atoms with van der Waals surface area (Å²) in [4.78, 5) is 14.1. The average Bonchev–Trinajstić information content (AvgIpc) is 3.37. The van der Waals surface area contributed by atoms with Gasteiger partial charge in [-0.3, -0.25) is 0 Å². The van der Waals surface area contributed by atoms with Crippen LogP contribution in [-0.4, -0.2) is 29.7 Å². The van der Waals surface area contributed by atoms with Crippen molar-refractivity contribution in [2.45, 2.75) is 64.9 Å². The maximum atomic E-state index is 12.3. The van der Waals surface area contributed by atoms with Crippen molar-refractivity contribution in [3.63, 3.8) is 0 Å². The Morgan fingerprint density at radius 3 is 2.56 bits per heavy atom. The van der Waals surface area contributed by atoms with Gasteiger partial charge >= 0.3 is 6.09 Å². The number of nitriles is 1. The minimum atomic E-state index is -0.475. The summed E-state index contributed by atoms with van der Waals surface area (Å²) in [7, 11) is 0. The van der Waals surface area contributed by atoms with Gasteiger partial charge in [-0.1, -0.05) is 67.5 Å². The predicted molar refractivity (Wildman–Crippen MR) is 146 cm³/mol. The number of benzene rings is 2. The maximum absolute atomic E-state index is 12.3. The van der Waals surface area contributed by atoms with Gasteiger partial charge in [-0.25, -0.2) is 4.79 Å². The highest BCUT2D eigenvalue weighted by molar-refractivity contribution is 5.77. The van der Waals surface area contributed by atoms with E-state index in [4.69, 9.17) is 10.00 Å². The van der Waals surface area contributed by atoms with Crippen molar-refractivity contribution < 1.29 is 9.53 Å². The first kappa shape index (κ1) is 25.8. The van der Waals surface area contributed by atoms with E-state index in [0.717, 1.165) is 17.9 Å². The number of allylic oxidation sites excluding steroid dienone is 1. The molecule has 188 valence electrons. The highest BCUT2D eigenvalue weighted by Crippen LogP contribution is 2.33. The molecule has 0 saturated heterocycles. The molecule has 2 atom stereocenters. The zero-order valence-electron chi connectivity index (χ0n) is 21.9. The molecule has 4 heteroatoms. The van der Waals surface area contributed by atoms with Gasteiger partial charge in [0.05, 0.1) is 11.6 Å². The van der Waals surface area contributed by atoms with Crippen LogP contribution in [-0.2, 0) is 11.2 Å². The summed E-state index contributed by atoms with van der Waals surface area (Å²) in [5.74, 6) is 1.41. The van der Waals surface area contributed by atoms with E-state index in [1.165, 1.54) is 54.4 Å². The van der Waals surface area contributed by atoms with Gasteiger partial charge in [0.2, 0.25) is 0 Å². The average molecular weight is 483 g/mol. The smallest absolute Gasteiger partial charge is 0.410 e. The molecule has 0 bridgehead atoms. The molecule has 1 fully saturated rings. The van der Waals surface area contributed by atoms with Crippen molar-refractivity contribution in [1.29, 1.82) is 5.26 Å². The Balaban J connectivity index is 1.25. The summed E-state index contributed by atoms with van der Waals surface area (Å²) in [5, 5.41) is 8.97. The number of hydrogen-bond donors (Lipinski definition) is 0. The second kappa shape index (κ2) is 11.6. The van der Waals surface area contributed by atoms with Gasteiger partial charge in [0, 0.05) is 13.1 Å². The van der Waals surface area contributed by atoms with Crippen LogP contribution in [0, 0.1) is 23.2 Å². The lowest BCUT2D eigenvalue weighted by atomic mass is 9.78. The monoisotopic (exact) mass is 482 g/mol. The van der Waals surface area contributed by atoms with Gasteiger partial charge in [-0.05, 0) is 92.7 Å². The fourth-order valence-electron chi connectivity index (χ4n) is 5.17. The van der Waals surface area contributed by atoms with Gasteiger partial charge in [0.1, 0.15) is 5.60 Å². The summed E-state index contributed by atoms with van der Waals surface area (Å²) in [6.45, 7) is 6.88. The van der Waals surface area contributed by atoms with Crippen molar-refractivity contribution in [2.75, 3.05) is 13.1 Å². The molecule has 1 aliphatic heterocycles. The third-order valence-corrected chi connectivity index (χ3v) is 7.16. The van der Waals surface area contributed by atoms with Crippen LogP contribution in [0.5, 0.6) is 0 Å². The van der Waals surface area contributed by atoms with Crippen molar-refractivity contribution in [3.8, 4) is 6.07 Å². The Hall–Kier alpha value is -3.32. The normalized spacial score (nSPS) is 20.3. The van der Waals surface area contributed by atoms with Crippen molar-refractivity contribution >= 4 is 17.7 Å². The number of nitrogens with zero attached hydrogens (tertiary/aromatic N) is 2. The Bertz CT molecular complexity index is 1130. The van der Waals surface area contributed by atoms with Crippen LogP contribution in [0.1, 0.15) is 75.1 Å². The molecule has 0 radical (unpaired) electrons. The van der Waals surface area contributed by atoms with Crippen molar-refractivity contribution in [2.24, 2.45) is 11.8 Å². The molecule has 0 unspecified atom stereocenters. The Morgan fingerprint density at radius 2 is 1.86 bits per heavy atom. The molecule has 0 N–H and O–H groups in total. The lowest BCUT2D eigenvalue weighted by molar-refractivity contribution is 0.0306. The minimum absolute atomic E-state index is 0.254. The van der Waals surface area contributed by atoms with Gasteiger partial charge in [-0.2, -0.15) is 5.26 Å². The number of aryl methyl sites for hydroxylation is 1. The first-order chi connectivity index (χ1) is 17.3. The molecular formula is C32H38N2O2. The van der Waals surface area contributed by atoms with E-state index in [1.54, 1.807) is 4.90 Å². The number of carbonyl (C=O) groups is 1. The number of hydrogen-bond acceptors (Lipinski definition) is 3. The summed E-state index contributed by atoms with van der Waals surface area (Å²) in [6, 6.07) is 18.9. The second-order valence-corrected chi connectivity index (χ2v) is 11.2. The van der Waals surface area contributed by atoms with Crippen LogP contribution < -0.4 is 0 Å². The molecule has 1 aliphatic carbocycles. The van der Waals surface area contributed by atoms with Crippen LogP contribution in [0.4, 0.5) is 4.79 Å². The van der Waals surface area contributed by atoms with Crippen LogP contribution in [0.15, 0.2) is 60.7 Å². The van der Waals surface area contributed by atoms with Crippen molar-refractivity contribution in [1.82, 2.24) is 4.90 Å². The van der Waals surface area contributed by atoms with Crippen molar-refractivity contribution in [3.05, 3.63) is 82.9 Å². The van der Waals surface area contributed by atoms with E-state index < -0.39 is 5.60 Å². The highest BCUT2D eigenvalue weighted by atomic mass is 16.6. The summed E-state index contributed by atoms with van der Waals surface area (Å²) < 4.78 is 5.50. The topological polar surface area (TPSA) is 53.3 Å². The Morgan fingerprint density at radius 1 is 1.11 bits per heavy atom. The molecule has 4 rings (SSSR count). The third-order valence-electron chi connectivity index (χ3n) is 7.16. The molecule has 36 heavy (non-hydrogen) atoms. The van der Waals surface area contributed by atoms with Crippen LogP contribution >= 0.6 is 0 Å². The number of amides is 1. The number of ether oxygens (including phenoxy) is 1. The quantitative estimate of drug-likeness (QED) is 0.425. The van der Waals surface area contributed by atoms with E-state index >= 15 is 0 Å². The molecule has 1 heterocycles. The lowest BCUT2D eigenvalue weighted by Gasteiger charge is -2.27. The first-order valence-corrected chi connectivity index (χ1v) is 13.2. The number of carbonyl (C=O) groups excluding carboxylic acids is 1. The van der Waals surface area contributed by atoms with Crippen LogP contribution in [0.25, 0.3) is 11.6 Å². The lowest BCUT2D eigenvalue weighted by Crippen LogP contribution is -2.35. The van der Waals surface area contributed by atoms with Gasteiger partial charge < -0.3 is 9.64 Å². The molecule has 2 aromatic rings. The predicted octanol–water partition coefficient (Wildman–Crippen LogP) is 7.64. The zero-order chi connectivity index (χ0) is 25.5. The van der Waals surface area contributed by atoms with Gasteiger partial charge in [0.15, 0.2) is 0 Å². The van der Waals surface area contributed by atoms with Crippen LogP contribution in [0.2, 0.25) is 0 Å². The highest BCUT2D eigenvalue weighted by Gasteiger charge is 2.25. The Kier molecular flexibility index (Phi) is 8.31. The molecule has 2 aliphatic rings. The molecule has 4 nitrogen and oxygen atoms in total. The first-order valence-electron chi connectivity index (χ1n) is 13.2. The molecule has 1 saturated carbocycles. The largest absolute Gasteiger partial charge is 0.444 e. The maximum Gasteiger partial charge on any atom is 0.410 e. The summed E-state index contributed by atoms with van der Waals surface area (Å²) in [6.07, 6.45) is 14.0. The molecule has 2 aromatic carbocycles. The zero-order valence-corrected chi connectivity index (χ0v) is 21.9. The van der Waals surface area contributed by atoms with E-state index in [0.29, 0.717) is 19.0 Å². The molecule has 0 aromatic heterocycles. The van der Waals surface area contributed by atoms with Gasteiger partial charge in [-0.15, -0.1) is 0 Å². The number of rotatable bonds is 6. The summed E-state index contributed by atoms with van der Waals surface area (Å²) >= 11 is 0. The fraction of sp³-hybridized carbons (Fsp3) is 0.438. The minimum Gasteiger partial charge on any atom is -0.444 e. The second-order valence-electron chi connectivity index (χ2n) is 11.2. The molecular weight excluding hydrogens is 444 g/mol. The van der Waals surface area contributed by atoms with E-state index in [2.05, 4.69) is 60.7 Å². The van der Waals surface area contributed by atoms with E-state index in [1.807, 2.05) is 32.9 Å². The van der Waals surface area contributed by atoms with Gasteiger partial charge in [0.25, 0.3) is 0 Å². The van der Waals surface area contributed by atoms with E-state index in [9.17, 15) is 4.79 Å². The van der Waals surface area contributed by atoms with E-state index in [-0.39, 0.29) is 6.09 Å².